The molecule has 8 heteroatoms. The third kappa shape index (κ3) is 3.46. The molecule has 8 nitrogen and oxygen atoms in total. The van der Waals surface area contributed by atoms with Gasteiger partial charge in [0.05, 0.1) is 41.8 Å². The zero-order chi connectivity index (χ0) is 20.5. The Balaban J connectivity index is 1.65. The van der Waals surface area contributed by atoms with E-state index in [1.807, 2.05) is 50.4 Å². The number of rotatable bonds is 5. The third-order valence-corrected chi connectivity index (χ3v) is 4.99. The quantitative estimate of drug-likeness (QED) is 0.564. The predicted molar refractivity (Wildman–Crippen MR) is 107 cm³/mol. The number of aromatic nitrogens is 5. The lowest BCUT2D eigenvalue weighted by Gasteiger charge is -2.11. The molecule has 0 spiro atoms. The predicted octanol–water partition coefficient (Wildman–Crippen LogP) is 2.01. The first kappa shape index (κ1) is 18.4. The first-order chi connectivity index (χ1) is 14.0. The lowest BCUT2D eigenvalue weighted by atomic mass is 9.95. The molecule has 1 unspecified atom stereocenters. The number of carbonyl (C=O) groups excluding carboxylic acids is 1. The molecule has 0 aliphatic carbocycles. The van der Waals surface area contributed by atoms with Gasteiger partial charge < -0.3 is 5.73 Å². The van der Waals surface area contributed by atoms with E-state index in [0.717, 1.165) is 27.6 Å². The molecule has 0 aliphatic heterocycles. The molecular formula is C21H19N7O. The molecule has 2 N–H and O–H groups in total. The summed E-state index contributed by atoms with van der Waals surface area (Å²) in [7, 11) is 1.85. The average Bonchev–Trinajstić information content (AvgIpc) is 3.30. The normalized spacial score (nSPS) is 12.0. The summed E-state index contributed by atoms with van der Waals surface area (Å²) < 4.78 is 1.75. The Morgan fingerprint density at radius 1 is 1.21 bits per heavy atom. The van der Waals surface area contributed by atoms with Crippen LogP contribution in [0, 0.1) is 18.3 Å². The van der Waals surface area contributed by atoms with Gasteiger partial charge in [-0.15, -0.1) is 0 Å². The largest absolute Gasteiger partial charge is 0.369 e. The molecule has 0 saturated heterocycles. The topological polar surface area (TPSA) is 115 Å². The summed E-state index contributed by atoms with van der Waals surface area (Å²) in [6.45, 7) is 2.28. The van der Waals surface area contributed by atoms with Gasteiger partial charge in [-0.25, -0.2) is 0 Å². The number of nitrogens with two attached hydrogens (primary N) is 1. The number of primary amides is 1. The number of amides is 1. The second-order valence-electron chi connectivity index (χ2n) is 6.98. The Labute approximate surface area is 167 Å². The van der Waals surface area contributed by atoms with Crippen molar-refractivity contribution < 1.29 is 4.79 Å². The van der Waals surface area contributed by atoms with Crippen molar-refractivity contribution in [3.05, 3.63) is 76.7 Å². The van der Waals surface area contributed by atoms with Gasteiger partial charge in [-0.3, -0.25) is 9.48 Å². The number of aryl methyl sites for hydroxylation is 2. The monoisotopic (exact) mass is 385 g/mol. The van der Waals surface area contributed by atoms with Crippen molar-refractivity contribution in [1.29, 1.82) is 5.26 Å². The summed E-state index contributed by atoms with van der Waals surface area (Å²) in [5.74, 6) is -1.21. The molecular weight excluding hydrogens is 366 g/mol. The first-order valence-electron chi connectivity index (χ1n) is 9.07. The number of hydrogen-bond donors (Lipinski definition) is 1. The van der Waals surface area contributed by atoms with E-state index in [0.29, 0.717) is 17.8 Å². The molecule has 2 aromatic carbocycles. The second kappa shape index (κ2) is 7.20. The van der Waals surface area contributed by atoms with E-state index in [9.17, 15) is 10.1 Å². The Morgan fingerprint density at radius 3 is 2.79 bits per heavy atom. The fourth-order valence-corrected chi connectivity index (χ4v) is 3.39. The highest BCUT2D eigenvalue weighted by atomic mass is 16.1. The summed E-state index contributed by atoms with van der Waals surface area (Å²) in [5, 5.41) is 23.2. The molecule has 2 heterocycles. The molecule has 29 heavy (non-hydrogen) atoms. The summed E-state index contributed by atoms with van der Waals surface area (Å²) in [4.78, 5) is 13.7. The van der Waals surface area contributed by atoms with Crippen molar-refractivity contribution in [3.63, 3.8) is 0 Å². The van der Waals surface area contributed by atoms with Crippen LogP contribution in [-0.2, 0) is 18.4 Å². The van der Waals surface area contributed by atoms with E-state index in [-0.39, 0.29) is 0 Å². The lowest BCUT2D eigenvalue weighted by Crippen LogP contribution is -2.23. The summed E-state index contributed by atoms with van der Waals surface area (Å²) in [6, 6.07) is 13.5. The molecule has 0 saturated carbocycles. The lowest BCUT2D eigenvalue weighted by molar-refractivity contribution is -0.118. The zero-order valence-electron chi connectivity index (χ0n) is 16.1. The summed E-state index contributed by atoms with van der Waals surface area (Å²) >= 11 is 0. The van der Waals surface area contributed by atoms with Crippen molar-refractivity contribution in [1.82, 2.24) is 24.8 Å². The standard InChI is InChI=1S/C21H19N7O/c1-13-3-4-14(7-17(13)9-22)12-28-25-11-18(26-28)20(21(23)29)15-5-6-16-10-24-27(2)19(16)8-15/h3-8,10-11,20H,12H2,1-2H3,(H2,23,29). The fourth-order valence-electron chi connectivity index (χ4n) is 3.39. The van der Waals surface area contributed by atoms with Crippen LogP contribution >= 0.6 is 0 Å². The van der Waals surface area contributed by atoms with Gasteiger partial charge >= 0.3 is 0 Å². The average molecular weight is 385 g/mol. The van der Waals surface area contributed by atoms with Crippen LogP contribution in [0.1, 0.15) is 33.9 Å². The minimum absolute atomic E-state index is 0.390. The van der Waals surface area contributed by atoms with Gasteiger partial charge in [0.25, 0.3) is 0 Å². The molecule has 0 bridgehead atoms. The minimum atomic E-state index is -0.712. The van der Waals surface area contributed by atoms with E-state index in [1.54, 1.807) is 17.1 Å². The smallest absolute Gasteiger partial charge is 0.231 e. The van der Waals surface area contributed by atoms with Crippen molar-refractivity contribution in [2.45, 2.75) is 19.4 Å². The summed E-state index contributed by atoms with van der Waals surface area (Å²) in [5.41, 5.74) is 10.3. The van der Waals surface area contributed by atoms with Crippen molar-refractivity contribution in [3.8, 4) is 6.07 Å². The summed E-state index contributed by atoms with van der Waals surface area (Å²) in [6.07, 6.45) is 3.33. The molecule has 144 valence electrons. The molecule has 0 fully saturated rings. The maximum absolute atomic E-state index is 12.2. The van der Waals surface area contributed by atoms with Crippen molar-refractivity contribution in [2.24, 2.45) is 12.8 Å². The molecule has 4 rings (SSSR count). The molecule has 4 aromatic rings. The highest BCUT2D eigenvalue weighted by Gasteiger charge is 2.24. The van der Waals surface area contributed by atoms with E-state index in [2.05, 4.69) is 21.4 Å². The van der Waals surface area contributed by atoms with E-state index in [4.69, 9.17) is 5.73 Å². The van der Waals surface area contributed by atoms with Crippen molar-refractivity contribution in [2.75, 3.05) is 0 Å². The van der Waals surface area contributed by atoms with Crippen LogP contribution in [0.5, 0.6) is 0 Å². The number of nitrogens with zero attached hydrogens (tertiary/aromatic N) is 6. The van der Waals surface area contributed by atoms with E-state index >= 15 is 0 Å². The number of carbonyl (C=O) groups is 1. The van der Waals surface area contributed by atoms with Gasteiger partial charge in [0, 0.05) is 12.4 Å². The van der Waals surface area contributed by atoms with Gasteiger partial charge in [0.1, 0.15) is 5.92 Å². The third-order valence-electron chi connectivity index (χ3n) is 4.99. The van der Waals surface area contributed by atoms with Crippen LogP contribution in [0.4, 0.5) is 0 Å². The Hall–Kier alpha value is -3.99. The van der Waals surface area contributed by atoms with Gasteiger partial charge in [0.2, 0.25) is 5.91 Å². The highest BCUT2D eigenvalue weighted by molar-refractivity contribution is 5.87. The number of nitriles is 1. The maximum Gasteiger partial charge on any atom is 0.231 e. The van der Waals surface area contributed by atoms with Crippen molar-refractivity contribution >= 4 is 16.8 Å². The Bertz CT molecular complexity index is 1260. The highest BCUT2D eigenvalue weighted by Crippen LogP contribution is 2.26. The fraction of sp³-hybridized carbons (Fsp3) is 0.190. The van der Waals surface area contributed by atoms with E-state index < -0.39 is 11.8 Å². The van der Waals surface area contributed by atoms with Crippen LogP contribution in [-0.4, -0.2) is 30.7 Å². The number of fused-ring (bicyclic) bond motifs is 1. The van der Waals surface area contributed by atoms with Gasteiger partial charge in [0.15, 0.2) is 0 Å². The zero-order valence-corrected chi connectivity index (χ0v) is 16.1. The first-order valence-corrected chi connectivity index (χ1v) is 9.07. The molecule has 2 aromatic heterocycles. The maximum atomic E-state index is 12.2. The van der Waals surface area contributed by atoms with Crippen LogP contribution in [0.3, 0.4) is 0 Å². The Morgan fingerprint density at radius 2 is 2.03 bits per heavy atom. The SMILES string of the molecule is Cc1ccc(Cn2ncc(C(C(N)=O)c3ccc4cnn(C)c4c3)n2)cc1C#N. The van der Waals surface area contributed by atoms with Crippen LogP contribution in [0.25, 0.3) is 10.9 Å². The van der Waals surface area contributed by atoms with E-state index in [1.165, 1.54) is 4.80 Å². The van der Waals surface area contributed by atoms with Crippen LogP contribution < -0.4 is 5.73 Å². The van der Waals surface area contributed by atoms with Crippen LogP contribution in [0.2, 0.25) is 0 Å². The molecule has 0 aliphatic rings. The minimum Gasteiger partial charge on any atom is -0.369 e. The van der Waals surface area contributed by atoms with Gasteiger partial charge in [-0.2, -0.15) is 25.4 Å². The van der Waals surface area contributed by atoms with Gasteiger partial charge in [-0.05, 0) is 35.7 Å². The van der Waals surface area contributed by atoms with Gasteiger partial charge in [-0.1, -0.05) is 24.3 Å². The second-order valence-corrected chi connectivity index (χ2v) is 6.98. The molecule has 0 radical (unpaired) electrons. The molecule has 1 atom stereocenters. The Kier molecular flexibility index (Phi) is 4.56. The number of benzene rings is 2. The van der Waals surface area contributed by atoms with Crippen LogP contribution in [0.15, 0.2) is 48.8 Å². The molecule has 1 amide bonds. The number of hydrogen-bond acceptors (Lipinski definition) is 5.